The van der Waals surface area contributed by atoms with E-state index in [9.17, 15) is 0 Å². The number of nitrogens with one attached hydrogen (secondary N) is 1. The Morgan fingerprint density at radius 1 is 1.44 bits per heavy atom. The Labute approximate surface area is 98.2 Å². The van der Waals surface area contributed by atoms with Gasteiger partial charge in [-0.05, 0) is 18.2 Å². The van der Waals surface area contributed by atoms with Gasteiger partial charge < -0.3 is 11.1 Å². The Hall–Kier alpha value is -1.81. The molecular formula is C11H11ClN4. The number of rotatable bonds is 3. The fraction of sp³-hybridized carbons (Fsp3) is 0.0909. The van der Waals surface area contributed by atoms with Crippen LogP contribution in [0.5, 0.6) is 0 Å². The number of halogens is 1. The monoisotopic (exact) mass is 234 g/mol. The number of nitrogens with zero attached hydrogens (tertiary/aromatic N) is 2. The Balaban J connectivity index is 2.43. The maximum Gasteiger partial charge on any atom is 0.137 e. The van der Waals surface area contributed by atoms with Gasteiger partial charge in [0.15, 0.2) is 0 Å². The fourth-order valence-electron chi connectivity index (χ4n) is 1.39. The predicted octanol–water partition coefficient (Wildman–Crippen LogP) is 2.38. The molecule has 5 heteroatoms. The molecule has 16 heavy (non-hydrogen) atoms. The quantitative estimate of drug-likeness (QED) is 0.801. The van der Waals surface area contributed by atoms with Crippen LogP contribution in [-0.2, 0) is 0 Å². The Morgan fingerprint density at radius 3 is 3.00 bits per heavy atom. The van der Waals surface area contributed by atoms with Crippen molar-refractivity contribution in [1.82, 2.24) is 9.97 Å². The number of nitrogen functional groups attached to an aromatic ring is 1. The third kappa shape index (κ3) is 2.23. The first-order valence-electron chi connectivity index (χ1n) is 4.74. The second-order valence-electron chi connectivity index (χ2n) is 3.37. The van der Waals surface area contributed by atoms with Gasteiger partial charge >= 0.3 is 0 Å². The number of nitrogens with two attached hydrogens (primary N) is 1. The summed E-state index contributed by atoms with van der Waals surface area (Å²) in [6.45, 7) is 4.06. The van der Waals surface area contributed by atoms with Crippen LogP contribution in [-0.4, -0.2) is 16.5 Å². The van der Waals surface area contributed by atoms with Gasteiger partial charge in [-0.1, -0.05) is 18.2 Å². The highest BCUT2D eigenvalue weighted by atomic mass is 35.5. The number of benzene rings is 1. The number of fused-ring (bicyclic) bond motifs is 1. The average Bonchev–Trinajstić information content (AvgIpc) is 2.26. The van der Waals surface area contributed by atoms with E-state index in [0.29, 0.717) is 23.1 Å². The van der Waals surface area contributed by atoms with E-state index in [-0.39, 0.29) is 0 Å². The molecule has 3 N–H and O–H groups in total. The molecule has 0 aliphatic rings. The van der Waals surface area contributed by atoms with Gasteiger partial charge in [-0.25, -0.2) is 9.97 Å². The van der Waals surface area contributed by atoms with E-state index in [1.807, 2.05) is 12.1 Å². The van der Waals surface area contributed by atoms with Crippen LogP contribution in [0.15, 0.2) is 36.1 Å². The molecule has 0 fully saturated rings. The lowest BCUT2D eigenvalue weighted by Gasteiger charge is -2.07. The summed E-state index contributed by atoms with van der Waals surface area (Å²) >= 11 is 5.69. The average molecular weight is 235 g/mol. The number of anilines is 2. The van der Waals surface area contributed by atoms with Crippen molar-refractivity contribution < 1.29 is 0 Å². The Bertz CT molecular complexity index is 538. The minimum Gasteiger partial charge on any atom is -0.399 e. The third-order valence-corrected chi connectivity index (χ3v) is 2.24. The van der Waals surface area contributed by atoms with Gasteiger partial charge in [-0.3, -0.25) is 0 Å². The summed E-state index contributed by atoms with van der Waals surface area (Å²) in [7, 11) is 0. The highest BCUT2D eigenvalue weighted by Crippen LogP contribution is 2.21. The molecular weight excluding hydrogens is 224 g/mol. The van der Waals surface area contributed by atoms with Crippen LogP contribution in [0.2, 0.25) is 0 Å². The SMILES string of the molecule is C=C(Cl)CNc1ncnc2ccc(N)cc12. The van der Waals surface area contributed by atoms with E-state index in [1.165, 1.54) is 6.33 Å². The molecule has 0 saturated heterocycles. The van der Waals surface area contributed by atoms with E-state index in [4.69, 9.17) is 17.3 Å². The van der Waals surface area contributed by atoms with E-state index >= 15 is 0 Å². The molecule has 2 rings (SSSR count). The lowest BCUT2D eigenvalue weighted by atomic mass is 10.2. The van der Waals surface area contributed by atoms with Crippen LogP contribution in [0, 0.1) is 0 Å². The minimum absolute atomic E-state index is 0.461. The van der Waals surface area contributed by atoms with Gasteiger partial charge in [0.2, 0.25) is 0 Å². The molecule has 0 atom stereocenters. The second kappa shape index (κ2) is 4.37. The molecule has 4 nitrogen and oxygen atoms in total. The third-order valence-electron chi connectivity index (χ3n) is 2.11. The molecule has 1 aromatic heterocycles. The molecule has 0 spiro atoms. The van der Waals surface area contributed by atoms with Crippen molar-refractivity contribution in [3.05, 3.63) is 36.1 Å². The highest BCUT2D eigenvalue weighted by Gasteiger charge is 2.03. The van der Waals surface area contributed by atoms with E-state index in [0.717, 1.165) is 10.9 Å². The van der Waals surface area contributed by atoms with Crippen LogP contribution < -0.4 is 11.1 Å². The number of hydrogen-bond donors (Lipinski definition) is 2. The first kappa shape index (κ1) is 10.7. The van der Waals surface area contributed by atoms with Crippen molar-refractivity contribution >= 4 is 34.0 Å². The van der Waals surface area contributed by atoms with Crippen LogP contribution in [0.1, 0.15) is 0 Å². The zero-order chi connectivity index (χ0) is 11.5. The van der Waals surface area contributed by atoms with E-state index < -0.39 is 0 Å². The molecule has 0 saturated carbocycles. The molecule has 1 heterocycles. The molecule has 82 valence electrons. The van der Waals surface area contributed by atoms with Crippen LogP contribution in [0.4, 0.5) is 11.5 Å². The van der Waals surface area contributed by atoms with Crippen molar-refractivity contribution in [1.29, 1.82) is 0 Å². The number of aromatic nitrogens is 2. The summed E-state index contributed by atoms with van der Waals surface area (Å²) in [4.78, 5) is 8.29. The summed E-state index contributed by atoms with van der Waals surface area (Å²) in [6.07, 6.45) is 1.50. The Morgan fingerprint density at radius 2 is 2.25 bits per heavy atom. The first-order valence-corrected chi connectivity index (χ1v) is 5.12. The summed E-state index contributed by atoms with van der Waals surface area (Å²) in [5.41, 5.74) is 7.24. The smallest absolute Gasteiger partial charge is 0.137 e. The molecule has 0 aliphatic heterocycles. The largest absolute Gasteiger partial charge is 0.399 e. The first-order chi connectivity index (χ1) is 7.66. The lowest BCUT2D eigenvalue weighted by Crippen LogP contribution is -2.04. The van der Waals surface area contributed by atoms with Crippen molar-refractivity contribution in [2.75, 3.05) is 17.6 Å². The van der Waals surface area contributed by atoms with Gasteiger partial charge in [0.05, 0.1) is 12.1 Å². The topological polar surface area (TPSA) is 63.8 Å². The molecule has 1 aromatic carbocycles. The maximum absolute atomic E-state index is 5.72. The van der Waals surface area contributed by atoms with Crippen LogP contribution >= 0.6 is 11.6 Å². The lowest BCUT2D eigenvalue weighted by molar-refractivity contribution is 1.18. The molecule has 0 radical (unpaired) electrons. The fourth-order valence-corrected chi connectivity index (χ4v) is 1.46. The van der Waals surface area contributed by atoms with Crippen molar-refractivity contribution in [3.8, 4) is 0 Å². The highest BCUT2D eigenvalue weighted by molar-refractivity contribution is 6.29. The van der Waals surface area contributed by atoms with Crippen molar-refractivity contribution in [2.24, 2.45) is 0 Å². The van der Waals surface area contributed by atoms with Crippen molar-refractivity contribution in [2.45, 2.75) is 0 Å². The van der Waals surface area contributed by atoms with Gasteiger partial charge in [0, 0.05) is 16.1 Å². The van der Waals surface area contributed by atoms with E-state index in [2.05, 4.69) is 21.9 Å². The van der Waals surface area contributed by atoms with Crippen LogP contribution in [0.25, 0.3) is 10.9 Å². The zero-order valence-corrected chi connectivity index (χ0v) is 9.33. The summed E-state index contributed by atoms with van der Waals surface area (Å²) < 4.78 is 0. The maximum atomic E-state index is 5.72. The Kier molecular flexibility index (Phi) is 2.92. The standard InChI is InChI=1S/C11H11ClN4/c1-7(12)5-14-11-9-4-8(13)2-3-10(9)15-6-16-11/h2-4,6H,1,5,13H2,(H,14,15,16). The normalized spacial score (nSPS) is 10.3. The van der Waals surface area contributed by atoms with Crippen LogP contribution in [0.3, 0.4) is 0 Å². The zero-order valence-electron chi connectivity index (χ0n) is 8.57. The molecule has 0 unspecified atom stereocenters. The molecule has 0 amide bonds. The predicted molar refractivity (Wildman–Crippen MR) is 67.4 cm³/mol. The van der Waals surface area contributed by atoms with Gasteiger partial charge in [-0.15, -0.1) is 0 Å². The number of hydrogen-bond acceptors (Lipinski definition) is 4. The summed E-state index contributed by atoms with van der Waals surface area (Å²) in [6, 6.07) is 5.49. The molecule has 2 aromatic rings. The summed E-state index contributed by atoms with van der Waals surface area (Å²) in [5, 5.41) is 4.48. The van der Waals surface area contributed by atoms with Gasteiger partial charge in [0.1, 0.15) is 12.1 Å². The van der Waals surface area contributed by atoms with Gasteiger partial charge in [0.25, 0.3) is 0 Å². The minimum atomic E-state index is 0.461. The van der Waals surface area contributed by atoms with Gasteiger partial charge in [-0.2, -0.15) is 0 Å². The second-order valence-corrected chi connectivity index (χ2v) is 3.90. The van der Waals surface area contributed by atoms with E-state index in [1.54, 1.807) is 6.07 Å². The summed E-state index contributed by atoms with van der Waals surface area (Å²) in [5.74, 6) is 0.708. The van der Waals surface area contributed by atoms with Crippen molar-refractivity contribution in [3.63, 3.8) is 0 Å². The molecule has 0 bridgehead atoms. The molecule has 0 aliphatic carbocycles.